The van der Waals surface area contributed by atoms with E-state index in [1.165, 1.54) is 193 Å². The molecule has 0 radical (unpaired) electrons. The van der Waals surface area contributed by atoms with Crippen LogP contribution in [0.3, 0.4) is 0 Å². The molecule has 370 valence electrons. The Kier molecular flexibility index (Phi) is 51.1. The summed E-state index contributed by atoms with van der Waals surface area (Å²) in [4.78, 5) is 24.5. The minimum atomic E-state index is -0.864. The number of amides is 1. The second-order valence-corrected chi connectivity index (χ2v) is 18.9. The first-order valence-corrected chi connectivity index (χ1v) is 27.8. The summed E-state index contributed by atoms with van der Waals surface area (Å²) in [6.45, 7) is 4.81. The van der Waals surface area contributed by atoms with Crippen molar-refractivity contribution >= 4 is 11.9 Å². The van der Waals surface area contributed by atoms with Gasteiger partial charge in [-0.3, -0.25) is 9.59 Å². The second-order valence-electron chi connectivity index (χ2n) is 18.9. The molecule has 0 bridgehead atoms. The predicted molar refractivity (Wildman–Crippen MR) is 273 cm³/mol. The van der Waals surface area contributed by atoms with Crippen LogP contribution in [0.25, 0.3) is 0 Å². The summed E-state index contributed by atoms with van der Waals surface area (Å²) in [5.41, 5.74) is 0. The lowest BCUT2D eigenvalue weighted by Crippen LogP contribution is -2.45. The van der Waals surface area contributed by atoms with Gasteiger partial charge in [-0.05, 0) is 64.2 Å². The molecule has 0 fully saturated rings. The van der Waals surface area contributed by atoms with Crippen LogP contribution in [0.4, 0.5) is 0 Å². The van der Waals surface area contributed by atoms with Crippen LogP contribution in [0.15, 0.2) is 36.5 Å². The summed E-state index contributed by atoms with van der Waals surface area (Å²) in [5.74, 6) is -0.136. The van der Waals surface area contributed by atoms with E-state index in [-0.39, 0.29) is 18.5 Å². The van der Waals surface area contributed by atoms with E-state index >= 15 is 0 Å². The van der Waals surface area contributed by atoms with Crippen LogP contribution in [0.5, 0.6) is 0 Å². The molecule has 2 atom stereocenters. The first-order valence-electron chi connectivity index (χ1n) is 27.8. The first kappa shape index (κ1) is 61.1. The Morgan fingerprint density at radius 3 is 1.24 bits per heavy atom. The van der Waals surface area contributed by atoms with Crippen molar-refractivity contribution in [2.45, 2.75) is 302 Å². The maximum absolute atomic E-state index is 12.5. The van der Waals surface area contributed by atoms with Crippen LogP contribution in [0.2, 0.25) is 0 Å². The van der Waals surface area contributed by atoms with Gasteiger partial charge in [0.15, 0.2) is 0 Å². The average molecular weight is 886 g/mol. The Balaban J connectivity index is 3.53. The molecular weight excluding hydrogens is 779 g/mol. The SMILES string of the molecule is CCCCC/C=C\C/C=C\CCCCCCCC(=O)OCCCCCCCCCCCC(=O)NC(CO)C(O)/C=C/CCCCCCCCCCCCCCCCCCCCCC. The highest BCUT2D eigenvalue weighted by Gasteiger charge is 2.18. The highest BCUT2D eigenvalue weighted by atomic mass is 16.5. The Bertz CT molecular complexity index is 1020. The summed E-state index contributed by atoms with van der Waals surface area (Å²) in [6.07, 6.45) is 64.4. The van der Waals surface area contributed by atoms with E-state index in [1.807, 2.05) is 6.08 Å². The molecule has 0 rings (SSSR count). The normalized spacial score (nSPS) is 12.9. The minimum Gasteiger partial charge on any atom is -0.466 e. The summed E-state index contributed by atoms with van der Waals surface area (Å²) in [7, 11) is 0. The fourth-order valence-corrected chi connectivity index (χ4v) is 8.37. The number of carbonyl (C=O) groups excluding carboxylic acids is 2. The zero-order valence-corrected chi connectivity index (χ0v) is 42.1. The predicted octanol–water partition coefficient (Wildman–Crippen LogP) is 16.9. The number of hydrogen-bond acceptors (Lipinski definition) is 5. The molecule has 0 aromatic heterocycles. The average Bonchev–Trinajstić information content (AvgIpc) is 3.28. The number of carbonyl (C=O) groups is 2. The molecule has 2 unspecified atom stereocenters. The van der Waals surface area contributed by atoms with Crippen molar-refractivity contribution in [2.75, 3.05) is 13.2 Å². The Morgan fingerprint density at radius 2 is 0.794 bits per heavy atom. The van der Waals surface area contributed by atoms with E-state index in [0.29, 0.717) is 19.4 Å². The van der Waals surface area contributed by atoms with Crippen LogP contribution < -0.4 is 5.32 Å². The summed E-state index contributed by atoms with van der Waals surface area (Å²) in [5, 5.41) is 23.1. The van der Waals surface area contributed by atoms with E-state index < -0.39 is 12.1 Å². The minimum absolute atomic E-state index is 0.0410. The van der Waals surface area contributed by atoms with Gasteiger partial charge >= 0.3 is 5.97 Å². The van der Waals surface area contributed by atoms with E-state index in [1.54, 1.807) is 6.08 Å². The molecule has 63 heavy (non-hydrogen) atoms. The monoisotopic (exact) mass is 886 g/mol. The summed E-state index contributed by atoms with van der Waals surface area (Å²) >= 11 is 0. The van der Waals surface area contributed by atoms with Crippen LogP contribution in [-0.4, -0.2) is 47.4 Å². The number of rotatable bonds is 51. The van der Waals surface area contributed by atoms with Crippen molar-refractivity contribution in [3.63, 3.8) is 0 Å². The third kappa shape index (κ3) is 49.4. The molecule has 0 spiro atoms. The molecule has 0 saturated heterocycles. The van der Waals surface area contributed by atoms with E-state index in [0.717, 1.165) is 70.6 Å². The smallest absolute Gasteiger partial charge is 0.305 e. The van der Waals surface area contributed by atoms with Crippen molar-refractivity contribution in [1.29, 1.82) is 0 Å². The van der Waals surface area contributed by atoms with Crippen LogP contribution in [0, 0.1) is 0 Å². The third-order valence-corrected chi connectivity index (χ3v) is 12.7. The number of unbranched alkanes of at least 4 members (excludes halogenated alkanes) is 36. The van der Waals surface area contributed by atoms with Gasteiger partial charge in [0.2, 0.25) is 5.91 Å². The van der Waals surface area contributed by atoms with Gasteiger partial charge in [-0.2, -0.15) is 0 Å². The molecular formula is C57H107NO5. The molecule has 1 amide bonds. The number of aliphatic hydroxyl groups excluding tert-OH is 2. The van der Waals surface area contributed by atoms with E-state index in [2.05, 4.69) is 43.5 Å². The highest BCUT2D eigenvalue weighted by molar-refractivity contribution is 5.76. The van der Waals surface area contributed by atoms with Gasteiger partial charge in [0.25, 0.3) is 0 Å². The van der Waals surface area contributed by atoms with Gasteiger partial charge in [0, 0.05) is 12.8 Å². The summed E-state index contributed by atoms with van der Waals surface area (Å²) < 4.78 is 5.45. The van der Waals surface area contributed by atoms with Crippen LogP contribution in [-0.2, 0) is 14.3 Å². The number of ether oxygens (including phenoxy) is 1. The van der Waals surface area contributed by atoms with Crippen LogP contribution >= 0.6 is 0 Å². The molecule has 0 aromatic carbocycles. The molecule has 0 heterocycles. The third-order valence-electron chi connectivity index (χ3n) is 12.7. The second kappa shape index (κ2) is 52.7. The molecule has 3 N–H and O–H groups in total. The van der Waals surface area contributed by atoms with Crippen molar-refractivity contribution in [2.24, 2.45) is 0 Å². The lowest BCUT2D eigenvalue weighted by atomic mass is 10.0. The van der Waals surface area contributed by atoms with Crippen molar-refractivity contribution in [3.8, 4) is 0 Å². The zero-order valence-electron chi connectivity index (χ0n) is 42.1. The fourth-order valence-electron chi connectivity index (χ4n) is 8.37. The van der Waals surface area contributed by atoms with Crippen molar-refractivity contribution in [3.05, 3.63) is 36.5 Å². The highest BCUT2D eigenvalue weighted by Crippen LogP contribution is 2.16. The largest absolute Gasteiger partial charge is 0.466 e. The zero-order chi connectivity index (χ0) is 45.8. The van der Waals surface area contributed by atoms with Crippen molar-refractivity contribution in [1.82, 2.24) is 5.32 Å². The Morgan fingerprint density at radius 1 is 0.444 bits per heavy atom. The lowest BCUT2D eigenvalue weighted by molar-refractivity contribution is -0.143. The lowest BCUT2D eigenvalue weighted by Gasteiger charge is -2.20. The Hall–Kier alpha value is -1.92. The van der Waals surface area contributed by atoms with Gasteiger partial charge in [0.1, 0.15) is 0 Å². The molecule has 0 saturated carbocycles. The Labute approximate surface area is 392 Å². The maximum atomic E-state index is 12.5. The van der Waals surface area contributed by atoms with Gasteiger partial charge < -0.3 is 20.3 Å². The standard InChI is InChI=1S/C57H107NO5/c1-3-5-7-9-11-13-15-17-19-20-21-22-23-24-25-27-28-30-33-37-41-45-49-55(60)54(53-59)58-56(61)50-46-42-38-34-32-36-40-44-48-52-63-57(62)51-47-43-39-35-31-29-26-18-16-14-12-10-8-6-4-2/h12,14,18,26,45,49,54-55,59-60H,3-11,13,15-17,19-25,27-44,46-48,50-53H2,1-2H3,(H,58,61)/b14-12-,26-18-,49-45+. The van der Waals surface area contributed by atoms with Gasteiger partial charge in [-0.25, -0.2) is 0 Å². The number of allylic oxidation sites excluding steroid dienone is 5. The first-order chi connectivity index (χ1) is 31.0. The topological polar surface area (TPSA) is 95.9 Å². The van der Waals surface area contributed by atoms with Gasteiger partial charge in [0.05, 0.1) is 25.4 Å². The maximum Gasteiger partial charge on any atom is 0.305 e. The van der Waals surface area contributed by atoms with E-state index in [4.69, 9.17) is 4.74 Å². The number of aliphatic hydroxyl groups is 2. The van der Waals surface area contributed by atoms with Gasteiger partial charge in [-0.1, -0.05) is 249 Å². The molecule has 0 aliphatic heterocycles. The number of esters is 1. The van der Waals surface area contributed by atoms with Crippen molar-refractivity contribution < 1.29 is 24.5 Å². The summed E-state index contributed by atoms with van der Waals surface area (Å²) in [6, 6.07) is -0.650. The molecule has 0 aliphatic rings. The molecule has 6 nitrogen and oxygen atoms in total. The number of hydrogen-bond donors (Lipinski definition) is 3. The van der Waals surface area contributed by atoms with Gasteiger partial charge in [-0.15, -0.1) is 0 Å². The van der Waals surface area contributed by atoms with E-state index in [9.17, 15) is 19.8 Å². The quantitative estimate of drug-likeness (QED) is 0.0321. The molecule has 6 heteroatoms. The molecule has 0 aliphatic carbocycles. The molecule has 0 aromatic rings. The number of nitrogens with one attached hydrogen (secondary N) is 1. The van der Waals surface area contributed by atoms with Crippen LogP contribution in [0.1, 0.15) is 290 Å². The fraction of sp³-hybridized carbons (Fsp3) is 0.860.